The fraction of sp³-hybridized carbons (Fsp3) is 0.0769. The normalized spacial score (nSPS) is 10.3. The van der Waals surface area contributed by atoms with Crippen LogP contribution < -0.4 is 10.6 Å². The van der Waals surface area contributed by atoms with Gasteiger partial charge in [-0.05, 0) is 36.4 Å². The lowest BCUT2D eigenvalue weighted by Gasteiger charge is -2.19. The number of rotatable bonds is 2. The van der Waals surface area contributed by atoms with Crippen LogP contribution in [0.2, 0.25) is 0 Å². The van der Waals surface area contributed by atoms with Gasteiger partial charge in [0.25, 0.3) is 0 Å². The lowest BCUT2D eigenvalue weighted by Crippen LogP contribution is -2.09. The second-order valence-corrected chi connectivity index (χ2v) is 3.75. The zero-order chi connectivity index (χ0) is 12.4. The van der Waals surface area contributed by atoms with E-state index >= 15 is 0 Å². The van der Waals surface area contributed by atoms with Crippen LogP contribution in [0.25, 0.3) is 0 Å². The van der Waals surface area contributed by atoms with Crippen molar-refractivity contribution < 1.29 is 8.78 Å². The molecule has 17 heavy (non-hydrogen) atoms. The van der Waals surface area contributed by atoms with Gasteiger partial charge in [-0.1, -0.05) is 0 Å². The Morgan fingerprint density at radius 2 is 1.47 bits per heavy atom. The average molecular weight is 234 g/mol. The average Bonchev–Trinajstić information content (AvgIpc) is 2.33. The van der Waals surface area contributed by atoms with E-state index in [2.05, 4.69) is 0 Å². The summed E-state index contributed by atoms with van der Waals surface area (Å²) in [6, 6.07) is 10.9. The van der Waals surface area contributed by atoms with Crippen molar-refractivity contribution in [2.24, 2.45) is 0 Å². The van der Waals surface area contributed by atoms with Crippen LogP contribution in [0.4, 0.5) is 25.8 Å². The Morgan fingerprint density at radius 3 is 2.06 bits per heavy atom. The number of nitrogens with zero attached hydrogens (tertiary/aromatic N) is 1. The van der Waals surface area contributed by atoms with Gasteiger partial charge in [-0.15, -0.1) is 0 Å². The molecule has 0 aliphatic carbocycles. The van der Waals surface area contributed by atoms with E-state index < -0.39 is 11.6 Å². The molecule has 0 amide bonds. The molecule has 0 unspecified atom stereocenters. The Labute approximate surface area is 98.3 Å². The van der Waals surface area contributed by atoms with Crippen molar-refractivity contribution in [3.8, 4) is 0 Å². The van der Waals surface area contributed by atoms with Crippen LogP contribution >= 0.6 is 0 Å². The molecule has 0 heterocycles. The van der Waals surface area contributed by atoms with Gasteiger partial charge in [-0.3, -0.25) is 0 Å². The van der Waals surface area contributed by atoms with Gasteiger partial charge in [0.15, 0.2) is 11.6 Å². The Kier molecular flexibility index (Phi) is 2.95. The molecule has 2 aromatic carbocycles. The highest BCUT2D eigenvalue weighted by Gasteiger charge is 2.07. The Bertz CT molecular complexity index is 523. The van der Waals surface area contributed by atoms with Gasteiger partial charge in [-0.2, -0.15) is 0 Å². The maximum Gasteiger partial charge on any atom is 0.160 e. The number of benzene rings is 2. The molecule has 0 saturated carbocycles. The highest BCUT2D eigenvalue weighted by Crippen LogP contribution is 2.25. The maximum absolute atomic E-state index is 13.1. The first-order valence-electron chi connectivity index (χ1n) is 5.12. The predicted molar refractivity (Wildman–Crippen MR) is 65.3 cm³/mol. The second-order valence-electron chi connectivity index (χ2n) is 3.75. The molecule has 0 bridgehead atoms. The molecule has 2 N–H and O–H groups in total. The van der Waals surface area contributed by atoms with E-state index in [9.17, 15) is 8.78 Å². The number of nitrogens with two attached hydrogens (primary N) is 1. The summed E-state index contributed by atoms with van der Waals surface area (Å²) in [5.74, 6) is -1.70. The molecule has 0 fully saturated rings. The predicted octanol–water partition coefficient (Wildman–Crippen LogP) is 3.31. The lowest BCUT2D eigenvalue weighted by atomic mass is 10.2. The third-order valence-corrected chi connectivity index (χ3v) is 2.57. The van der Waals surface area contributed by atoms with Crippen LogP contribution in [0, 0.1) is 11.6 Å². The number of anilines is 3. The first-order chi connectivity index (χ1) is 8.08. The van der Waals surface area contributed by atoms with Gasteiger partial charge in [-0.25, -0.2) is 8.78 Å². The van der Waals surface area contributed by atoms with E-state index in [0.29, 0.717) is 11.4 Å². The lowest BCUT2D eigenvalue weighted by molar-refractivity contribution is 0.509. The van der Waals surface area contributed by atoms with Gasteiger partial charge in [0, 0.05) is 30.2 Å². The molecule has 88 valence electrons. The number of nitrogen functional groups attached to an aromatic ring is 1. The van der Waals surface area contributed by atoms with E-state index in [0.717, 1.165) is 17.8 Å². The number of halogens is 2. The van der Waals surface area contributed by atoms with Crippen molar-refractivity contribution in [2.75, 3.05) is 17.7 Å². The quantitative estimate of drug-likeness (QED) is 0.808. The second kappa shape index (κ2) is 4.41. The highest BCUT2D eigenvalue weighted by molar-refractivity contribution is 5.64. The molecule has 4 heteroatoms. The molecular formula is C13H12F2N2. The summed E-state index contributed by atoms with van der Waals surface area (Å²) in [5.41, 5.74) is 7.67. The van der Waals surface area contributed by atoms with E-state index in [1.165, 1.54) is 6.07 Å². The minimum absolute atomic E-state index is 0.577. The van der Waals surface area contributed by atoms with Crippen molar-refractivity contribution in [1.29, 1.82) is 0 Å². The standard InChI is InChI=1S/C13H12F2N2/c1-17(10-4-2-9(16)3-5-10)11-6-7-12(14)13(15)8-11/h2-8H,16H2,1H3. The molecule has 0 spiro atoms. The van der Waals surface area contributed by atoms with Gasteiger partial charge in [0.2, 0.25) is 0 Å². The molecule has 0 aromatic heterocycles. The van der Waals surface area contributed by atoms with E-state index in [-0.39, 0.29) is 0 Å². The highest BCUT2D eigenvalue weighted by atomic mass is 19.2. The summed E-state index contributed by atoms with van der Waals surface area (Å²) in [6.45, 7) is 0. The number of hydrogen-bond donors (Lipinski definition) is 1. The summed E-state index contributed by atoms with van der Waals surface area (Å²) in [6.07, 6.45) is 0. The van der Waals surface area contributed by atoms with Crippen LogP contribution in [-0.4, -0.2) is 7.05 Å². The molecular weight excluding hydrogens is 222 g/mol. The summed E-state index contributed by atoms with van der Waals surface area (Å²) < 4.78 is 25.9. The van der Waals surface area contributed by atoms with Gasteiger partial charge < -0.3 is 10.6 Å². The smallest absolute Gasteiger partial charge is 0.160 e. The zero-order valence-corrected chi connectivity index (χ0v) is 9.32. The van der Waals surface area contributed by atoms with Gasteiger partial charge >= 0.3 is 0 Å². The zero-order valence-electron chi connectivity index (χ0n) is 9.32. The molecule has 2 nitrogen and oxygen atoms in total. The van der Waals surface area contributed by atoms with E-state index in [4.69, 9.17) is 5.73 Å². The summed E-state index contributed by atoms with van der Waals surface area (Å²) in [7, 11) is 1.78. The van der Waals surface area contributed by atoms with Crippen LogP contribution in [-0.2, 0) is 0 Å². The Hall–Kier alpha value is -2.10. The monoisotopic (exact) mass is 234 g/mol. The first kappa shape index (κ1) is 11.4. The Balaban J connectivity index is 2.33. The van der Waals surface area contributed by atoms with Gasteiger partial charge in [0.05, 0.1) is 0 Å². The van der Waals surface area contributed by atoms with E-state index in [1.54, 1.807) is 24.1 Å². The van der Waals surface area contributed by atoms with Crippen molar-refractivity contribution >= 4 is 17.1 Å². The molecule has 2 aromatic rings. The van der Waals surface area contributed by atoms with Crippen LogP contribution in [0.5, 0.6) is 0 Å². The van der Waals surface area contributed by atoms with Crippen molar-refractivity contribution in [3.63, 3.8) is 0 Å². The third-order valence-electron chi connectivity index (χ3n) is 2.57. The van der Waals surface area contributed by atoms with Crippen LogP contribution in [0.15, 0.2) is 42.5 Å². The summed E-state index contributed by atoms with van der Waals surface area (Å²) in [5, 5.41) is 0. The van der Waals surface area contributed by atoms with Crippen LogP contribution in [0.1, 0.15) is 0 Å². The Morgan fingerprint density at radius 1 is 0.882 bits per heavy atom. The molecule has 0 aliphatic heterocycles. The fourth-order valence-electron chi connectivity index (χ4n) is 1.54. The van der Waals surface area contributed by atoms with E-state index in [1.807, 2.05) is 12.1 Å². The van der Waals surface area contributed by atoms with Crippen molar-refractivity contribution in [3.05, 3.63) is 54.1 Å². The summed E-state index contributed by atoms with van der Waals surface area (Å²) >= 11 is 0. The van der Waals surface area contributed by atoms with Gasteiger partial charge in [0.1, 0.15) is 0 Å². The third kappa shape index (κ3) is 2.36. The maximum atomic E-state index is 13.1. The van der Waals surface area contributed by atoms with Crippen molar-refractivity contribution in [2.45, 2.75) is 0 Å². The minimum atomic E-state index is -0.857. The summed E-state index contributed by atoms with van der Waals surface area (Å²) in [4.78, 5) is 1.75. The minimum Gasteiger partial charge on any atom is -0.399 e. The molecule has 0 atom stereocenters. The fourth-order valence-corrected chi connectivity index (χ4v) is 1.54. The largest absolute Gasteiger partial charge is 0.399 e. The SMILES string of the molecule is CN(c1ccc(N)cc1)c1ccc(F)c(F)c1. The first-order valence-corrected chi connectivity index (χ1v) is 5.12. The van der Waals surface area contributed by atoms with Crippen molar-refractivity contribution in [1.82, 2.24) is 0 Å². The topological polar surface area (TPSA) is 29.3 Å². The molecule has 0 aliphatic rings. The van der Waals surface area contributed by atoms with Crippen LogP contribution in [0.3, 0.4) is 0 Å². The number of hydrogen-bond acceptors (Lipinski definition) is 2. The molecule has 0 radical (unpaired) electrons. The molecule has 2 rings (SSSR count). The molecule has 0 saturated heterocycles.